The first-order valence-electron chi connectivity index (χ1n) is 6.77. The van der Waals surface area contributed by atoms with Crippen LogP contribution in [0.5, 0.6) is 0 Å². The number of methoxy groups -OCH3 is 1. The van der Waals surface area contributed by atoms with Gasteiger partial charge in [-0.25, -0.2) is 9.97 Å². The van der Waals surface area contributed by atoms with Crippen molar-refractivity contribution in [3.8, 4) is 0 Å². The first-order valence-corrected chi connectivity index (χ1v) is 7.99. The van der Waals surface area contributed by atoms with Gasteiger partial charge in [-0.2, -0.15) is 0 Å². The van der Waals surface area contributed by atoms with Crippen LogP contribution < -0.4 is 10.6 Å². The fourth-order valence-corrected chi connectivity index (χ4v) is 2.33. The van der Waals surface area contributed by atoms with Gasteiger partial charge in [0.1, 0.15) is 18.2 Å². The third-order valence-electron chi connectivity index (χ3n) is 2.75. The highest BCUT2D eigenvalue weighted by Gasteiger charge is 2.05. The lowest BCUT2D eigenvalue weighted by molar-refractivity contribution is 0.178. The highest BCUT2D eigenvalue weighted by Crippen LogP contribution is 2.22. The second kappa shape index (κ2) is 7.85. The van der Waals surface area contributed by atoms with Crippen LogP contribution in [-0.4, -0.2) is 29.9 Å². The van der Waals surface area contributed by atoms with E-state index < -0.39 is 0 Å². The number of thioether (sulfide) groups is 1. The Kier molecular flexibility index (Phi) is 5.83. The molecule has 5 nitrogen and oxygen atoms in total. The average Bonchev–Trinajstić information content (AvgIpc) is 2.48. The first kappa shape index (κ1) is 15.6. The number of rotatable bonds is 7. The average molecular weight is 304 g/mol. The molecule has 0 spiro atoms. The molecule has 0 amide bonds. The van der Waals surface area contributed by atoms with E-state index in [1.807, 2.05) is 25.1 Å². The monoisotopic (exact) mass is 304 g/mol. The van der Waals surface area contributed by atoms with Crippen molar-refractivity contribution in [1.29, 1.82) is 0 Å². The Bertz CT molecular complexity index is 567. The highest BCUT2D eigenvalue weighted by molar-refractivity contribution is 7.98. The van der Waals surface area contributed by atoms with Gasteiger partial charge >= 0.3 is 0 Å². The lowest BCUT2D eigenvalue weighted by Crippen LogP contribution is -2.06. The molecule has 6 heteroatoms. The maximum atomic E-state index is 5.12. The number of benzene rings is 1. The minimum atomic E-state index is 0.388. The molecule has 21 heavy (non-hydrogen) atoms. The van der Waals surface area contributed by atoms with Crippen LogP contribution >= 0.6 is 11.8 Å². The number of nitrogens with zero attached hydrogens (tertiary/aromatic N) is 2. The second-order valence-electron chi connectivity index (χ2n) is 4.37. The van der Waals surface area contributed by atoms with Crippen molar-refractivity contribution < 1.29 is 4.74 Å². The lowest BCUT2D eigenvalue weighted by atomic mass is 10.3. The van der Waals surface area contributed by atoms with Gasteiger partial charge in [0.2, 0.25) is 0 Å². The van der Waals surface area contributed by atoms with E-state index in [1.54, 1.807) is 18.9 Å². The van der Waals surface area contributed by atoms with Gasteiger partial charge in [0.15, 0.2) is 5.82 Å². The molecule has 1 heterocycles. The molecule has 112 valence electrons. The fraction of sp³-hybridized carbons (Fsp3) is 0.333. The molecular formula is C15H20N4OS. The summed E-state index contributed by atoms with van der Waals surface area (Å²) in [6.07, 6.45) is 2.06. The molecule has 1 aromatic heterocycles. The smallest absolute Gasteiger partial charge is 0.158 e. The molecule has 0 unspecified atom stereocenters. The van der Waals surface area contributed by atoms with Crippen LogP contribution in [0.2, 0.25) is 0 Å². The molecule has 0 aliphatic rings. The molecule has 0 aliphatic heterocycles. The van der Waals surface area contributed by atoms with E-state index in [0.717, 1.165) is 23.9 Å². The van der Waals surface area contributed by atoms with Crippen molar-refractivity contribution in [1.82, 2.24) is 9.97 Å². The third kappa shape index (κ3) is 4.61. The van der Waals surface area contributed by atoms with Crippen LogP contribution in [0, 0.1) is 0 Å². The topological polar surface area (TPSA) is 59.1 Å². The minimum absolute atomic E-state index is 0.388. The van der Waals surface area contributed by atoms with Gasteiger partial charge < -0.3 is 15.4 Å². The van der Waals surface area contributed by atoms with E-state index in [1.165, 1.54) is 4.90 Å². The maximum absolute atomic E-state index is 5.12. The summed E-state index contributed by atoms with van der Waals surface area (Å²) in [5.41, 5.74) is 1.01. The Morgan fingerprint density at radius 1 is 1.19 bits per heavy atom. The predicted octanol–water partition coefficient (Wildman–Crippen LogP) is 3.52. The Hall–Kier alpha value is -1.79. The van der Waals surface area contributed by atoms with Crippen LogP contribution in [-0.2, 0) is 11.3 Å². The van der Waals surface area contributed by atoms with Gasteiger partial charge in [-0.3, -0.25) is 0 Å². The summed E-state index contributed by atoms with van der Waals surface area (Å²) in [7, 11) is 1.64. The molecule has 1 aromatic carbocycles. The van der Waals surface area contributed by atoms with E-state index in [4.69, 9.17) is 4.74 Å². The van der Waals surface area contributed by atoms with Crippen molar-refractivity contribution >= 4 is 29.1 Å². The molecule has 0 atom stereocenters. The zero-order chi connectivity index (χ0) is 15.1. The van der Waals surface area contributed by atoms with Gasteiger partial charge in [0.25, 0.3) is 0 Å². The Labute approximate surface area is 129 Å². The van der Waals surface area contributed by atoms with Gasteiger partial charge in [-0.1, -0.05) is 6.07 Å². The SMILES string of the molecule is CCNc1cc(Nc2cccc(SC)c2)nc(COC)n1. The van der Waals surface area contributed by atoms with Gasteiger partial charge in [0, 0.05) is 30.3 Å². The van der Waals surface area contributed by atoms with E-state index >= 15 is 0 Å². The summed E-state index contributed by atoms with van der Waals surface area (Å²) < 4.78 is 5.12. The highest BCUT2D eigenvalue weighted by atomic mass is 32.2. The number of aromatic nitrogens is 2. The summed E-state index contributed by atoms with van der Waals surface area (Å²) >= 11 is 1.71. The van der Waals surface area contributed by atoms with Crippen LogP contribution in [0.3, 0.4) is 0 Å². The van der Waals surface area contributed by atoms with E-state index in [9.17, 15) is 0 Å². The van der Waals surface area contributed by atoms with Crippen molar-refractivity contribution in [2.24, 2.45) is 0 Å². The lowest BCUT2D eigenvalue weighted by Gasteiger charge is -2.11. The molecule has 0 saturated heterocycles. The summed E-state index contributed by atoms with van der Waals surface area (Å²) in [6, 6.07) is 10.1. The summed E-state index contributed by atoms with van der Waals surface area (Å²) in [5.74, 6) is 2.20. The van der Waals surface area contributed by atoms with Crippen molar-refractivity contribution in [2.45, 2.75) is 18.4 Å². The Morgan fingerprint density at radius 2 is 2.00 bits per heavy atom. The molecule has 0 radical (unpaired) electrons. The van der Waals surface area contributed by atoms with Gasteiger partial charge in [-0.15, -0.1) is 11.8 Å². The zero-order valence-electron chi connectivity index (χ0n) is 12.5. The van der Waals surface area contributed by atoms with Gasteiger partial charge in [-0.05, 0) is 31.4 Å². The molecule has 0 fully saturated rings. The predicted molar refractivity (Wildman–Crippen MR) is 88.4 cm³/mol. The summed E-state index contributed by atoms with van der Waals surface area (Å²) in [4.78, 5) is 10.1. The number of ether oxygens (including phenoxy) is 1. The normalized spacial score (nSPS) is 10.4. The van der Waals surface area contributed by atoms with Crippen LogP contribution in [0.4, 0.5) is 17.3 Å². The standard InChI is InChI=1S/C15H20N4OS/c1-4-16-13-9-14(19-15(18-13)10-20-2)17-11-6-5-7-12(8-11)21-3/h5-9H,4,10H2,1-3H3,(H2,16,17,18,19). The van der Waals surface area contributed by atoms with Crippen molar-refractivity contribution in [2.75, 3.05) is 30.5 Å². The molecule has 2 aromatic rings. The zero-order valence-corrected chi connectivity index (χ0v) is 13.3. The largest absolute Gasteiger partial charge is 0.377 e. The van der Waals surface area contributed by atoms with E-state index in [2.05, 4.69) is 39.0 Å². The summed E-state index contributed by atoms with van der Waals surface area (Å²) in [6.45, 7) is 3.23. The van der Waals surface area contributed by atoms with Crippen LogP contribution in [0.15, 0.2) is 35.2 Å². The van der Waals surface area contributed by atoms with Crippen molar-refractivity contribution in [3.05, 3.63) is 36.2 Å². The van der Waals surface area contributed by atoms with Crippen LogP contribution in [0.25, 0.3) is 0 Å². The second-order valence-corrected chi connectivity index (χ2v) is 5.25. The number of nitrogens with one attached hydrogen (secondary N) is 2. The Balaban J connectivity index is 2.24. The molecule has 2 rings (SSSR count). The number of hydrogen-bond donors (Lipinski definition) is 2. The van der Waals surface area contributed by atoms with E-state index in [0.29, 0.717) is 12.4 Å². The molecule has 0 bridgehead atoms. The fourth-order valence-electron chi connectivity index (χ4n) is 1.88. The number of hydrogen-bond acceptors (Lipinski definition) is 6. The quantitative estimate of drug-likeness (QED) is 0.763. The molecule has 0 aliphatic carbocycles. The maximum Gasteiger partial charge on any atom is 0.158 e. The minimum Gasteiger partial charge on any atom is -0.377 e. The third-order valence-corrected chi connectivity index (χ3v) is 3.47. The summed E-state index contributed by atoms with van der Waals surface area (Å²) in [5, 5.41) is 6.52. The Morgan fingerprint density at radius 3 is 2.71 bits per heavy atom. The molecule has 2 N–H and O–H groups in total. The molecular weight excluding hydrogens is 284 g/mol. The number of anilines is 3. The van der Waals surface area contributed by atoms with E-state index in [-0.39, 0.29) is 0 Å². The van der Waals surface area contributed by atoms with Crippen molar-refractivity contribution in [3.63, 3.8) is 0 Å². The first-order chi connectivity index (χ1) is 10.2. The van der Waals surface area contributed by atoms with Gasteiger partial charge in [0.05, 0.1) is 0 Å². The molecule has 0 saturated carbocycles. The van der Waals surface area contributed by atoms with Crippen LogP contribution in [0.1, 0.15) is 12.7 Å².